The summed E-state index contributed by atoms with van der Waals surface area (Å²) in [5, 5.41) is 0. The van der Waals surface area contributed by atoms with E-state index in [-0.39, 0.29) is 0 Å². The van der Waals surface area contributed by atoms with Crippen molar-refractivity contribution in [3.05, 3.63) is 59.2 Å². The van der Waals surface area contributed by atoms with Crippen LogP contribution in [0.3, 0.4) is 0 Å². The standard InChI is InChI=1S/C16H14O2/c1-2-4-13-11(3-1)5-7-14(13)12-6-8-15-16(9-12)18-10-17-15/h1-4,6,8-9,14H,5,7,10H2. The summed E-state index contributed by atoms with van der Waals surface area (Å²) in [5.74, 6) is 2.26. The number of hydrogen-bond acceptors (Lipinski definition) is 2. The van der Waals surface area contributed by atoms with Crippen LogP contribution in [0, 0.1) is 0 Å². The highest BCUT2D eigenvalue weighted by Crippen LogP contribution is 2.41. The van der Waals surface area contributed by atoms with Gasteiger partial charge in [-0.25, -0.2) is 0 Å². The Morgan fingerprint density at radius 2 is 1.83 bits per heavy atom. The SMILES string of the molecule is c1ccc2c(c1)CCC2c1ccc2c(c1)OCO2. The fraction of sp³-hybridized carbons (Fsp3) is 0.250. The summed E-state index contributed by atoms with van der Waals surface area (Å²) in [6.07, 6.45) is 2.37. The fourth-order valence-electron chi connectivity index (χ4n) is 3.03. The van der Waals surface area contributed by atoms with Crippen molar-refractivity contribution in [3.8, 4) is 11.5 Å². The molecule has 0 saturated heterocycles. The third kappa shape index (κ3) is 1.42. The van der Waals surface area contributed by atoms with E-state index in [9.17, 15) is 0 Å². The summed E-state index contributed by atoms with van der Waals surface area (Å²) in [5.41, 5.74) is 4.29. The van der Waals surface area contributed by atoms with Crippen molar-refractivity contribution >= 4 is 0 Å². The molecule has 0 aromatic heterocycles. The Balaban J connectivity index is 1.77. The van der Waals surface area contributed by atoms with Crippen LogP contribution in [-0.2, 0) is 6.42 Å². The van der Waals surface area contributed by atoms with Crippen molar-refractivity contribution in [2.75, 3.05) is 6.79 Å². The lowest BCUT2D eigenvalue weighted by molar-refractivity contribution is 0.174. The zero-order chi connectivity index (χ0) is 11.9. The molecule has 1 atom stereocenters. The van der Waals surface area contributed by atoms with E-state index in [1.807, 2.05) is 6.07 Å². The summed E-state index contributed by atoms with van der Waals surface area (Å²) in [6.45, 7) is 0.347. The lowest BCUT2D eigenvalue weighted by Crippen LogP contribution is -1.96. The number of hydrogen-bond donors (Lipinski definition) is 0. The maximum absolute atomic E-state index is 5.46. The van der Waals surface area contributed by atoms with Gasteiger partial charge in [0.25, 0.3) is 0 Å². The van der Waals surface area contributed by atoms with Gasteiger partial charge in [-0.05, 0) is 41.7 Å². The quantitative estimate of drug-likeness (QED) is 0.757. The summed E-state index contributed by atoms with van der Waals surface area (Å²) >= 11 is 0. The molecular weight excluding hydrogens is 224 g/mol. The summed E-state index contributed by atoms with van der Waals surface area (Å²) < 4.78 is 10.8. The molecule has 1 heterocycles. The molecule has 2 aromatic carbocycles. The highest BCUT2D eigenvalue weighted by atomic mass is 16.7. The van der Waals surface area contributed by atoms with Gasteiger partial charge in [-0.1, -0.05) is 30.3 Å². The zero-order valence-corrected chi connectivity index (χ0v) is 10.1. The van der Waals surface area contributed by atoms with Crippen LogP contribution in [0.25, 0.3) is 0 Å². The Bertz CT molecular complexity index is 604. The molecule has 0 amide bonds. The highest BCUT2D eigenvalue weighted by molar-refractivity contribution is 5.49. The molecule has 2 heteroatoms. The molecule has 4 rings (SSSR count). The van der Waals surface area contributed by atoms with Crippen molar-refractivity contribution in [1.29, 1.82) is 0 Å². The highest BCUT2D eigenvalue weighted by Gasteiger charge is 2.25. The first kappa shape index (κ1) is 10.0. The van der Waals surface area contributed by atoms with Crippen LogP contribution in [0.2, 0.25) is 0 Å². The number of fused-ring (bicyclic) bond motifs is 2. The van der Waals surface area contributed by atoms with E-state index in [0.29, 0.717) is 12.7 Å². The molecule has 18 heavy (non-hydrogen) atoms. The van der Waals surface area contributed by atoms with Crippen LogP contribution >= 0.6 is 0 Å². The minimum absolute atomic E-state index is 0.347. The molecule has 0 spiro atoms. The van der Waals surface area contributed by atoms with Crippen molar-refractivity contribution in [3.63, 3.8) is 0 Å². The van der Waals surface area contributed by atoms with Crippen LogP contribution in [0.1, 0.15) is 29.0 Å². The summed E-state index contributed by atoms with van der Waals surface area (Å²) in [7, 11) is 0. The van der Waals surface area contributed by atoms with Gasteiger partial charge in [-0.2, -0.15) is 0 Å². The maximum Gasteiger partial charge on any atom is 0.231 e. The van der Waals surface area contributed by atoms with Gasteiger partial charge in [-0.3, -0.25) is 0 Å². The Morgan fingerprint density at radius 3 is 2.83 bits per heavy atom. The minimum atomic E-state index is 0.347. The van der Waals surface area contributed by atoms with E-state index >= 15 is 0 Å². The second-order valence-electron chi connectivity index (χ2n) is 4.90. The predicted octanol–water partition coefficient (Wildman–Crippen LogP) is 3.49. The van der Waals surface area contributed by atoms with Crippen molar-refractivity contribution in [2.24, 2.45) is 0 Å². The van der Waals surface area contributed by atoms with E-state index in [0.717, 1.165) is 11.5 Å². The number of aryl methyl sites for hydroxylation is 1. The monoisotopic (exact) mass is 238 g/mol. The molecule has 0 N–H and O–H groups in total. The number of rotatable bonds is 1. The second-order valence-corrected chi connectivity index (χ2v) is 4.90. The van der Waals surface area contributed by atoms with E-state index in [1.54, 1.807) is 0 Å². The minimum Gasteiger partial charge on any atom is -0.454 e. The van der Waals surface area contributed by atoms with E-state index in [4.69, 9.17) is 9.47 Å². The van der Waals surface area contributed by atoms with Crippen LogP contribution < -0.4 is 9.47 Å². The predicted molar refractivity (Wildman–Crippen MR) is 69.2 cm³/mol. The van der Waals surface area contributed by atoms with Gasteiger partial charge < -0.3 is 9.47 Å². The Kier molecular flexibility index (Phi) is 2.10. The van der Waals surface area contributed by atoms with Crippen LogP contribution in [0.15, 0.2) is 42.5 Å². The van der Waals surface area contributed by atoms with Gasteiger partial charge in [0, 0.05) is 5.92 Å². The largest absolute Gasteiger partial charge is 0.454 e. The molecule has 0 bridgehead atoms. The molecule has 0 radical (unpaired) electrons. The molecule has 2 aromatic rings. The van der Waals surface area contributed by atoms with E-state index < -0.39 is 0 Å². The number of ether oxygens (including phenoxy) is 2. The normalized spacial score (nSPS) is 19.9. The second kappa shape index (κ2) is 3.77. The lowest BCUT2D eigenvalue weighted by atomic mass is 9.93. The topological polar surface area (TPSA) is 18.5 Å². The van der Waals surface area contributed by atoms with Gasteiger partial charge in [0.1, 0.15) is 0 Å². The lowest BCUT2D eigenvalue weighted by Gasteiger charge is -2.12. The van der Waals surface area contributed by atoms with Crippen molar-refractivity contribution in [2.45, 2.75) is 18.8 Å². The molecule has 0 fully saturated rings. The molecule has 1 aliphatic heterocycles. The average Bonchev–Trinajstić information content (AvgIpc) is 3.04. The summed E-state index contributed by atoms with van der Waals surface area (Å²) in [6, 6.07) is 15.1. The zero-order valence-electron chi connectivity index (χ0n) is 10.1. The van der Waals surface area contributed by atoms with E-state index in [1.165, 1.54) is 29.5 Å². The first-order valence-corrected chi connectivity index (χ1v) is 6.39. The fourth-order valence-corrected chi connectivity index (χ4v) is 3.03. The Labute approximate surface area is 106 Å². The average molecular weight is 238 g/mol. The molecule has 90 valence electrons. The molecular formula is C16H14O2. The number of benzene rings is 2. The van der Waals surface area contributed by atoms with Crippen LogP contribution in [0.5, 0.6) is 11.5 Å². The first-order chi connectivity index (χ1) is 8.92. The summed E-state index contributed by atoms with van der Waals surface area (Å²) in [4.78, 5) is 0. The van der Waals surface area contributed by atoms with Crippen molar-refractivity contribution in [1.82, 2.24) is 0 Å². The van der Waals surface area contributed by atoms with Crippen LogP contribution in [0.4, 0.5) is 0 Å². The van der Waals surface area contributed by atoms with Crippen molar-refractivity contribution < 1.29 is 9.47 Å². The molecule has 2 aliphatic rings. The smallest absolute Gasteiger partial charge is 0.231 e. The van der Waals surface area contributed by atoms with E-state index in [2.05, 4.69) is 36.4 Å². The third-order valence-electron chi connectivity index (χ3n) is 3.93. The molecule has 1 unspecified atom stereocenters. The Morgan fingerprint density at radius 1 is 0.944 bits per heavy atom. The molecule has 0 saturated carbocycles. The molecule has 1 aliphatic carbocycles. The van der Waals surface area contributed by atoms with Gasteiger partial charge in [-0.15, -0.1) is 0 Å². The van der Waals surface area contributed by atoms with Crippen LogP contribution in [-0.4, -0.2) is 6.79 Å². The van der Waals surface area contributed by atoms with Gasteiger partial charge in [0.15, 0.2) is 11.5 Å². The Hall–Kier alpha value is -1.96. The van der Waals surface area contributed by atoms with Gasteiger partial charge in [0.2, 0.25) is 6.79 Å². The molecule has 2 nitrogen and oxygen atoms in total. The maximum atomic E-state index is 5.46. The van der Waals surface area contributed by atoms with Gasteiger partial charge in [0.05, 0.1) is 0 Å². The van der Waals surface area contributed by atoms with Gasteiger partial charge >= 0.3 is 0 Å². The third-order valence-corrected chi connectivity index (χ3v) is 3.93. The first-order valence-electron chi connectivity index (χ1n) is 6.39.